The molecule has 1 N–H and O–H groups in total. The third kappa shape index (κ3) is 3.11. The van der Waals surface area contributed by atoms with Gasteiger partial charge in [0.25, 0.3) is 5.91 Å². The molecule has 5 heteroatoms. The van der Waals surface area contributed by atoms with Crippen molar-refractivity contribution in [3.63, 3.8) is 0 Å². The zero-order valence-electron chi connectivity index (χ0n) is 18.4. The Labute approximate surface area is 183 Å². The first kappa shape index (κ1) is 19.7. The van der Waals surface area contributed by atoms with Crippen molar-refractivity contribution in [1.82, 2.24) is 9.47 Å². The molecule has 0 unspecified atom stereocenters. The number of benzene rings is 2. The van der Waals surface area contributed by atoms with Crippen LogP contribution >= 0.6 is 0 Å². The van der Waals surface area contributed by atoms with Gasteiger partial charge < -0.3 is 19.5 Å². The topological polar surface area (TPSA) is 46.5 Å². The SMILES string of the molecule is CCOc1ccccc1C(=O)N1CCC2(CC1)Nc1ccc(C)c(C)c1-n1cccc12. The van der Waals surface area contributed by atoms with Gasteiger partial charge in [-0.3, -0.25) is 4.79 Å². The molecule has 31 heavy (non-hydrogen) atoms. The Kier molecular flexibility index (Phi) is 4.77. The molecule has 1 fully saturated rings. The second-order valence-electron chi connectivity index (χ2n) is 8.60. The molecule has 0 bridgehead atoms. The largest absolute Gasteiger partial charge is 0.493 e. The highest BCUT2D eigenvalue weighted by atomic mass is 16.5. The maximum absolute atomic E-state index is 13.3. The van der Waals surface area contributed by atoms with Gasteiger partial charge in [0.2, 0.25) is 0 Å². The van der Waals surface area contributed by atoms with Crippen molar-refractivity contribution >= 4 is 11.6 Å². The quantitative estimate of drug-likeness (QED) is 0.651. The molecule has 5 nitrogen and oxygen atoms in total. The summed E-state index contributed by atoms with van der Waals surface area (Å²) < 4.78 is 8.03. The predicted molar refractivity (Wildman–Crippen MR) is 123 cm³/mol. The maximum atomic E-state index is 13.3. The second-order valence-corrected chi connectivity index (χ2v) is 8.60. The number of rotatable bonds is 3. The number of carbonyl (C=O) groups is 1. The van der Waals surface area contributed by atoms with Crippen LogP contribution in [-0.2, 0) is 5.54 Å². The number of para-hydroxylation sites is 1. The molecule has 0 atom stereocenters. The first-order valence-electron chi connectivity index (χ1n) is 11.1. The normalized spacial score (nSPS) is 16.4. The molecule has 0 saturated carbocycles. The van der Waals surface area contributed by atoms with Crippen molar-refractivity contribution in [2.45, 2.75) is 39.2 Å². The van der Waals surface area contributed by atoms with Gasteiger partial charge in [-0.2, -0.15) is 0 Å². The maximum Gasteiger partial charge on any atom is 0.257 e. The number of aryl methyl sites for hydroxylation is 1. The molecule has 2 aromatic carbocycles. The van der Waals surface area contributed by atoms with E-state index < -0.39 is 0 Å². The zero-order chi connectivity index (χ0) is 21.6. The predicted octanol–water partition coefficient (Wildman–Crippen LogP) is 5.05. The van der Waals surface area contributed by atoms with Gasteiger partial charge in [-0.15, -0.1) is 0 Å². The van der Waals surface area contributed by atoms with E-state index in [1.165, 1.54) is 28.2 Å². The summed E-state index contributed by atoms with van der Waals surface area (Å²) in [7, 11) is 0. The lowest BCUT2D eigenvalue weighted by atomic mass is 9.81. The lowest BCUT2D eigenvalue weighted by molar-refractivity contribution is 0.0672. The fourth-order valence-electron chi connectivity index (χ4n) is 5.07. The van der Waals surface area contributed by atoms with Crippen LogP contribution in [0.25, 0.3) is 5.69 Å². The Morgan fingerprint density at radius 2 is 1.84 bits per heavy atom. The molecule has 1 aromatic heterocycles. The molecule has 0 radical (unpaired) electrons. The van der Waals surface area contributed by atoms with Crippen molar-refractivity contribution in [3.05, 3.63) is 77.1 Å². The summed E-state index contributed by atoms with van der Waals surface area (Å²) in [6.07, 6.45) is 3.90. The van der Waals surface area contributed by atoms with E-state index in [4.69, 9.17) is 4.74 Å². The van der Waals surface area contributed by atoms with Gasteiger partial charge in [0.15, 0.2) is 0 Å². The van der Waals surface area contributed by atoms with Gasteiger partial charge in [0.05, 0.1) is 29.1 Å². The molecule has 160 valence electrons. The summed E-state index contributed by atoms with van der Waals surface area (Å²) >= 11 is 0. The lowest BCUT2D eigenvalue weighted by Gasteiger charge is -2.46. The first-order valence-corrected chi connectivity index (χ1v) is 11.1. The van der Waals surface area contributed by atoms with Crippen LogP contribution in [0, 0.1) is 13.8 Å². The number of nitrogens with zero attached hydrogens (tertiary/aromatic N) is 2. The van der Waals surface area contributed by atoms with Gasteiger partial charge in [-0.25, -0.2) is 0 Å². The van der Waals surface area contributed by atoms with Crippen LogP contribution in [0.1, 0.15) is 46.9 Å². The number of anilines is 1. The molecule has 5 rings (SSSR count). The zero-order valence-corrected chi connectivity index (χ0v) is 18.4. The number of amides is 1. The first-order chi connectivity index (χ1) is 15.0. The van der Waals surface area contributed by atoms with Gasteiger partial charge in [-0.05, 0) is 75.1 Å². The highest BCUT2D eigenvalue weighted by Gasteiger charge is 2.43. The molecular weight excluding hydrogens is 386 g/mol. The van der Waals surface area contributed by atoms with Crippen molar-refractivity contribution < 1.29 is 9.53 Å². The molecule has 3 aromatic rings. The number of hydrogen-bond donors (Lipinski definition) is 1. The van der Waals surface area contributed by atoms with Crippen LogP contribution in [0.5, 0.6) is 5.75 Å². The Hall–Kier alpha value is -3.21. The third-order valence-corrected chi connectivity index (χ3v) is 6.88. The average Bonchev–Trinajstić information content (AvgIpc) is 3.28. The van der Waals surface area contributed by atoms with Gasteiger partial charge in [0.1, 0.15) is 5.75 Å². The second kappa shape index (κ2) is 7.49. The number of likely N-dealkylation sites (tertiary alicyclic amines) is 1. The number of piperidine rings is 1. The Morgan fingerprint density at radius 1 is 1.06 bits per heavy atom. The fraction of sp³-hybridized carbons (Fsp3) is 0.346. The highest BCUT2D eigenvalue weighted by Crippen LogP contribution is 2.45. The summed E-state index contributed by atoms with van der Waals surface area (Å²) in [5, 5.41) is 3.87. The van der Waals surface area contributed by atoms with Crippen LogP contribution in [0.15, 0.2) is 54.7 Å². The molecule has 1 amide bonds. The van der Waals surface area contributed by atoms with E-state index in [1.807, 2.05) is 36.1 Å². The van der Waals surface area contributed by atoms with E-state index in [9.17, 15) is 4.79 Å². The summed E-state index contributed by atoms with van der Waals surface area (Å²) in [5.74, 6) is 0.719. The molecule has 1 spiro atoms. The number of aromatic nitrogens is 1. The van der Waals surface area contributed by atoms with Crippen LogP contribution in [0.3, 0.4) is 0 Å². The van der Waals surface area contributed by atoms with Crippen molar-refractivity contribution in [3.8, 4) is 11.4 Å². The number of ether oxygens (including phenoxy) is 1. The van der Waals surface area contributed by atoms with E-state index in [0.29, 0.717) is 31.0 Å². The van der Waals surface area contributed by atoms with E-state index in [1.54, 1.807) is 0 Å². The minimum atomic E-state index is -0.158. The minimum Gasteiger partial charge on any atom is -0.493 e. The molecule has 3 heterocycles. The van der Waals surface area contributed by atoms with Crippen LogP contribution < -0.4 is 10.1 Å². The summed E-state index contributed by atoms with van der Waals surface area (Å²) in [6.45, 7) is 8.25. The fourth-order valence-corrected chi connectivity index (χ4v) is 5.07. The Bertz CT molecular complexity index is 1140. The highest BCUT2D eigenvalue weighted by molar-refractivity contribution is 5.97. The van der Waals surface area contributed by atoms with Gasteiger partial charge >= 0.3 is 0 Å². The third-order valence-electron chi connectivity index (χ3n) is 6.88. The number of fused-ring (bicyclic) bond motifs is 4. The van der Waals surface area contributed by atoms with E-state index in [-0.39, 0.29) is 11.4 Å². The van der Waals surface area contributed by atoms with E-state index in [2.05, 4.69) is 54.2 Å². The minimum absolute atomic E-state index is 0.0527. The van der Waals surface area contributed by atoms with E-state index >= 15 is 0 Å². The standard InChI is InChI=1S/C26H29N3O2/c1-4-31-22-9-6-5-8-20(22)25(30)28-16-13-26(14-17-28)23-10-7-15-29(23)24-19(3)18(2)11-12-21(24)27-26/h5-12,15,27H,4,13-14,16-17H2,1-3H3. The van der Waals surface area contributed by atoms with Crippen LogP contribution in [-0.4, -0.2) is 35.1 Å². The van der Waals surface area contributed by atoms with Crippen LogP contribution in [0.2, 0.25) is 0 Å². The summed E-state index contributed by atoms with van der Waals surface area (Å²) in [5.41, 5.74) is 6.80. The molecule has 2 aliphatic heterocycles. The average molecular weight is 416 g/mol. The van der Waals surface area contributed by atoms with Crippen molar-refractivity contribution in [1.29, 1.82) is 0 Å². The summed E-state index contributed by atoms with van der Waals surface area (Å²) in [4.78, 5) is 15.2. The monoisotopic (exact) mass is 415 g/mol. The smallest absolute Gasteiger partial charge is 0.257 e. The lowest BCUT2D eigenvalue weighted by Crippen LogP contribution is -2.51. The number of hydrogen-bond acceptors (Lipinski definition) is 3. The Morgan fingerprint density at radius 3 is 2.61 bits per heavy atom. The number of carbonyl (C=O) groups excluding carboxylic acids is 1. The van der Waals surface area contributed by atoms with E-state index in [0.717, 1.165) is 12.8 Å². The Balaban J connectivity index is 1.42. The van der Waals surface area contributed by atoms with Crippen molar-refractivity contribution in [2.75, 3.05) is 25.0 Å². The van der Waals surface area contributed by atoms with Gasteiger partial charge in [0, 0.05) is 25.0 Å². The van der Waals surface area contributed by atoms with Crippen LogP contribution in [0.4, 0.5) is 5.69 Å². The van der Waals surface area contributed by atoms with Gasteiger partial charge in [-0.1, -0.05) is 18.2 Å². The van der Waals surface area contributed by atoms with Crippen molar-refractivity contribution in [2.24, 2.45) is 0 Å². The number of nitrogens with one attached hydrogen (secondary N) is 1. The molecule has 1 saturated heterocycles. The molecule has 0 aliphatic carbocycles. The summed E-state index contributed by atoms with van der Waals surface area (Å²) in [6, 6.07) is 16.3. The molecule has 2 aliphatic rings. The molecular formula is C26H29N3O2.